The third-order valence-corrected chi connectivity index (χ3v) is 4.03. The Morgan fingerprint density at radius 3 is 3.17 bits per heavy atom. The van der Waals surface area contributed by atoms with Gasteiger partial charge < -0.3 is 20.3 Å². The van der Waals surface area contributed by atoms with Gasteiger partial charge in [0.25, 0.3) is 0 Å². The molecule has 23 heavy (non-hydrogen) atoms. The van der Waals surface area contributed by atoms with Crippen molar-refractivity contribution in [1.29, 1.82) is 0 Å². The predicted octanol–water partition coefficient (Wildman–Crippen LogP) is 2.24. The summed E-state index contributed by atoms with van der Waals surface area (Å²) in [5.74, 6) is 2.15. The number of aromatic nitrogens is 5. The quantitative estimate of drug-likeness (QED) is 0.640. The number of hydrogen-bond acceptors (Lipinski definition) is 6. The Morgan fingerprint density at radius 2 is 2.39 bits per heavy atom. The number of nitrogens with one attached hydrogen (secondary N) is 2. The molecule has 4 heterocycles. The van der Waals surface area contributed by atoms with Gasteiger partial charge in [0.05, 0.1) is 18.6 Å². The van der Waals surface area contributed by atoms with E-state index in [1.54, 1.807) is 17.0 Å². The van der Waals surface area contributed by atoms with Crippen LogP contribution in [-0.2, 0) is 0 Å². The molecule has 8 heteroatoms. The molecule has 1 aliphatic heterocycles. The molecule has 0 radical (unpaired) electrons. The largest absolute Gasteiger partial charge is 0.511 e. The highest BCUT2D eigenvalue weighted by molar-refractivity contribution is 5.73. The zero-order chi connectivity index (χ0) is 15.8. The van der Waals surface area contributed by atoms with Crippen LogP contribution < -0.4 is 10.2 Å². The molecule has 0 aromatic carbocycles. The van der Waals surface area contributed by atoms with E-state index in [0.717, 1.165) is 30.7 Å². The fraction of sp³-hybridized carbons (Fsp3) is 0.267. The maximum atomic E-state index is 9.81. The van der Waals surface area contributed by atoms with Gasteiger partial charge in [-0.25, -0.2) is 9.50 Å². The third-order valence-electron chi connectivity index (χ3n) is 4.03. The highest BCUT2D eigenvalue weighted by atomic mass is 16.3. The number of H-pyrrole nitrogens is 1. The van der Waals surface area contributed by atoms with Crippen LogP contribution in [-0.4, -0.2) is 42.3 Å². The summed E-state index contributed by atoms with van der Waals surface area (Å²) in [6, 6.07) is 3.72. The normalized spacial score (nSPS) is 17.7. The van der Waals surface area contributed by atoms with E-state index in [0.29, 0.717) is 11.8 Å². The number of hydrogen-bond donors (Lipinski definition) is 3. The monoisotopic (exact) mass is 311 g/mol. The van der Waals surface area contributed by atoms with Crippen molar-refractivity contribution in [3.63, 3.8) is 0 Å². The lowest BCUT2D eigenvalue weighted by molar-refractivity contribution is 0.368. The highest BCUT2D eigenvalue weighted by Crippen LogP contribution is 2.28. The molecular weight excluding hydrogens is 294 g/mol. The first kappa shape index (κ1) is 13.6. The van der Waals surface area contributed by atoms with Gasteiger partial charge in [0, 0.05) is 12.7 Å². The number of aliphatic hydroxyl groups excluding tert-OH is 1. The molecule has 0 aliphatic carbocycles. The van der Waals surface area contributed by atoms with E-state index < -0.39 is 0 Å². The van der Waals surface area contributed by atoms with Gasteiger partial charge in [-0.1, -0.05) is 6.58 Å². The van der Waals surface area contributed by atoms with Gasteiger partial charge in [-0.05, 0) is 25.0 Å². The van der Waals surface area contributed by atoms with Gasteiger partial charge >= 0.3 is 0 Å². The molecule has 0 amide bonds. The minimum atomic E-state index is -0.136. The number of anilines is 3. The molecule has 3 aromatic rings. The Kier molecular flexibility index (Phi) is 3.14. The van der Waals surface area contributed by atoms with Crippen LogP contribution in [0.4, 0.5) is 17.6 Å². The Morgan fingerprint density at radius 1 is 1.48 bits per heavy atom. The Bertz CT molecular complexity index is 839. The highest BCUT2D eigenvalue weighted by Gasteiger charge is 2.29. The molecule has 0 spiro atoms. The van der Waals surface area contributed by atoms with Crippen LogP contribution in [0.25, 0.3) is 5.52 Å². The number of fused-ring (bicyclic) bond motifs is 1. The molecule has 118 valence electrons. The van der Waals surface area contributed by atoms with Crippen LogP contribution in [0.1, 0.15) is 12.8 Å². The zero-order valence-corrected chi connectivity index (χ0v) is 12.5. The van der Waals surface area contributed by atoms with Gasteiger partial charge in [-0.3, -0.25) is 0 Å². The van der Waals surface area contributed by atoms with E-state index in [1.165, 1.54) is 0 Å². The SMILES string of the molecule is C=C(O)[C@@H]1CCCN1c1nc(Nc2cnc[nH]2)c2cccn2n1. The predicted molar refractivity (Wildman–Crippen MR) is 87.0 cm³/mol. The van der Waals surface area contributed by atoms with Crippen molar-refractivity contribution >= 4 is 23.1 Å². The molecule has 0 bridgehead atoms. The summed E-state index contributed by atoms with van der Waals surface area (Å²) >= 11 is 0. The van der Waals surface area contributed by atoms with E-state index in [1.807, 2.05) is 23.2 Å². The van der Waals surface area contributed by atoms with E-state index in [9.17, 15) is 5.11 Å². The van der Waals surface area contributed by atoms with Gasteiger partial charge in [0.15, 0.2) is 5.82 Å². The van der Waals surface area contributed by atoms with Crippen LogP contribution in [0.5, 0.6) is 0 Å². The van der Waals surface area contributed by atoms with Crippen molar-refractivity contribution in [1.82, 2.24) is 24.6 Å². The fourth-order valence-corrected chi connectivity index (χ4v) is 2.94. The molecule has 3 aromatic heterocycles. The van der Waals surface area contributed by atoms with Gasteiger partial charge in [-0.15, -0.1) is 5.10 Å². The number of aromatic amines is 1. The molecule has 1 fully saturated rings. The zero-order valence-electron chi connectivity index (χ0n) is 12.5. The lowest BCUT2D eigenvalue weighted by Crippen LogP contribution is -2.32. The summed E-state index contributed by atoms with van der Waals surface area (Å²) < 4.78 is 1.77. The van der Waals surface area contributed by atoms with E-state index in [-0.39, 0.29) is 11.8 Å². The molecule has 4 rings (SSSR count). The van der Waals surface area contributed by atoms with Crippen molar-refractivity contribution in [2.24, 2.45) is 0 Å². The van der Waals surface area contributed by atoms with E-state index in [2.05, 4.69) is 31.9 Å². The maximum absolute atomic E-state index is 9.81. The second kappa shape index (κ2) is 5.31. The second-order valence-electron chi connectivity index (χ2n) is 5.53. The van der Waals surface area contributed by atoms with Crippen LogP contribution >= 0.6 is 0 Å². The van der Waals surface area contributed by atoms with Crippen molar-refractivity contribution < 1.29 is 5.11 Å². The molecular formula is C15H17N7O. The van der Waals surface area contributed by atoms with Crippen LogP contribution in [0.2, 0.25) is 0 Å². The van der Waals surface area contributed by atoms with E-state index in [4.69, 9.17) is 0 Å². The number of rotatable bonds is 4. The average molecular weight is 311 g/mol. The van der Waals surface area contributed by atoms with Crippen molar-refractivity contribution in [2.75, 3.05) is 16.8 Å². The number of aliphatic hydroxyl groups is 1. The summed E-state index contributed by atoms with van der Waals surface area (Å²) in [5, 5.41) is 17.6. The first-order chi connectivity index (χ1) is 11.2. The minimum Gasteiger partial charge on any atom is -0.511 e. The smallest absolute Gasteiger partial charge is 0.246 e. The van der Waals surface area contributed by atoms with Gasteiger partial charge in [0.1, 0.15) is 17.1 Å². The minimum absolute atomic E-state index is 0.136. The lowest BCUT2D eigenvalue weighted by atomic mass is 10.2. The average Bonchev–Trinajstić information content (AvgIpc) is 3.28. The maximum Gasteiger partial charge on any atom is 0.246 e. The molecule has 0 unspecified atom stereocenters. The van der Waals surface area contributed by atoms with Gasteiger partial charge in [-0.2, -0.15) is 4.98 Å². The van der Waals surface area contributed by atoms with Crippen LogP contribution in [0.15, 0.2) is 43.2 Å². The molecule has 1 aliphatic rings. The second-order valence-corrected chi connectivity index (χ2v) is 5.53. The summed E-state index contributed by atoms with van der Waals surface area (Å²) in [4.78, 5) is 13.6. The van der Waals surface area contributed by atoms with Gasteiger partial charge in [0.2, 0.25) is 5.95 Å². The fourth-order valence-electron chi connectivity index (χ4n) is 2.94. The first-order valence-electron chi connectivity index (χ1n) is 7.47. The number of imidazole rings is 1. The lowest BCUT2D eigenvalue weighted by Gasteiger charge is -2.24. The topological polar surface area (TPSA) is 94.4 Å². The molecule has 8 nitrogen and oxygen atoms in total. The third kappa shape index (κ3) is 2.37. The van der Waals surface area contributed by atoms with Crippen molar-refractivity contribution in [3.05, 3.63) is 43.2 Å². The van der Waals surface area contributed by atoms with E-state index >= 15 is 0 Å². The van der Waals surface area contributed by atoms with Crippen molar-refractivity contribution in [2.45, 2.75) is 18.9 Å². The summed E-state index contributed by atoms with van der Waals surface area (Å²) in [5.41, 5.74) is 0.863. The molecule has 1 saturated heterocycles. The molecule has 3 N–H and O–H groups in total. The Hall–Kier alpha value is -3.03. The van der Waals surface area contributed by atoms with Crippen molar-refractivity contribution in [3.8, 4) is 0 Å². The Balaban J connectivity index is 1.77. The summed E-state index contributed by atoms with van der Waals surface area (Å²) in [6.07, 6.45) is 6.99. The molecule has 1 atom stereocenters. The summed E-state index contributed by atoms with van der Waals surface area (Å²) in [6.45, 7) is 4.46. The number of nitrogens with zero attached hydrogens (tertiary/aromatic N) is 5. The van der Waals surface area contributed by atoms with Crippen LogP contribution in [0.3, 0.4) is 0 Å². The first-order valence-corrected chi connectivity index (χ1v) is 7.47. The molecule has 0 saturated carbocycles. The standard InChI is InChI=1S/C15H17N7O/c1-10(23)11-4-2-6-21(11)15-19-14(18-13-8-16-9-17-13)12-5-3-7-22(12)20-15/h3,5,7-9,11,23H,1-2,4,6H2,(H,16,17)(H,18,19,20)/t11-/m0/s1. The van der Waals surface area contributed by atoms with Crippen LogP contribution in [0, 0.1) is 0 Å². The summed E-state index contributed by atoms with van der Waals surface area (Å²) in [7, 11) is 0. The Labute approximate surface area is 132 Å².